The predicted octanol–water partition coefficient (Wildman–Crippen LogP) is 9.92. The van der Waals surface area contributed by atoms with Crippen LogP contribution in [0.15, 0.2) is 108 Å². The molecule has 0 aliphatic rings. The third-order valence-corrected chi connectivity index (χ3v) is 15.0. The fourth-order valence-electron chi connectivity index (χ4n) is 5.94. The Morgan fingerprint density at radius 2 is 1.62 bits per heavy atom. The van der Waals surface area contributed by atoms with E-state index in [1.165, 1.54) is 35.6 Å². The molecule has 0 aliphatic heterocycles. The zero-order chi connectivity index (χ0) is 42.4. The number of aryl methyl sites for hydroxylation is 3. The van der Waals surface area contributed by atoms with Crippen molar-refractivity contribution in [2.24, 2.45) is 0 Å². The zero-order valence-electron chi connectivity index (χ0n) is 36.8. The normalized spacial score (nSPS) is 15.8. The number of hydrogen-bond donors (Lipinski definition) is 0. The molecule has 1 unspecified atom stereocenters. The molecular weight excluding hydrogens is 814 g/mol. The first kappa shape index (κ1) is 26.1. The van der Waals surface area contributed by atoms with Gasteiger partial charge in [-0.15, -0.1) is 48.0 Å². The Morgan fingerprint density at radius 3 is 2.26 bits per heavy atom. The molecule has 0 saturated carbocycles. The second-order valence-corrected chi connectivity index (χ2v) is 17.8. The molecule has 1 radical (unpaired) electrons. The Morgan fingerprint density at radius 1 is 0.840 bits per heavy atom. The summed E-state index contributed by atoms with van der Waals surface area (Å²) in [6.45, 7) is 1.48. The van der Waals surface area contributed by atoms with E-state index in [2.05, 4.69) is 67.6 Å². The van der Waals surface area contributed by atoms with Crippen LogP contribution >= 0.6 is 0 Å². The standard InChI is InChI=1S/C31H29N2OSi.C12H9FN.Ir/c1-20-15-27(33-19-21(20)2)25-14-10-13-24-26-16-22(18-32)17-28(30(26)34-29(24)25)35(6,31(3,4)5)23-11-8-7-9-12-23;1-9-2-7-12(14-8-9)10-3-5-11(13)6-4-10;/h7-13,15-17,19H,1-6H3;2-3,5-8H,1H3;/q2*-1;/i1D3,2D3;1D3;. The third-order valence-electron chi connectivity index (χ3n) is 9.03. The first-order valence-electron chi connectivity index (χ1n) is 20.1. The smallest absolute Gasteiger partial charge is 0.125 e. The topological polar surface area (TPSA) is 62.7 Å². The molecule has 0 bridgehead atoms. The SMILES string of the molecule is [2H]C([2H])([2H])c1ccc(-c2[c-]cc(F)cc2)nc1.[2H]C([2H])([2H])c1cnc(-c2[c-]ccc3c2oc2c([Si](C)(c4ccccc4)C(C)(C)C)cc(C#N)cc23)cc1C([2H])([2H])[2H].[Ir]. The van der Waals surface area contributed by atoms with Gasteiger partial charge in [-0.05, 0) is 65.4 Å². The van der Waals surface area contributed by atoms with Gasteiger partial charge in [0, 0.05) is 56.0 Å². The minimum absolute atomic E-state index is 0. The van der Waals surface area contributed by atoms with Crippen molar-refractivity contribution in [3.63, 3.8) is 0 Å². The van der Waals surface area contributed by atoms with Crippen LogP contribution in [-0.2, 0) is 20.1 Å². The van der Waals surface area contributed by atoms with Crippen LogP contribution in [0.25, 0.3) is 44.5 Å². The fourth-order valence-corrected chi connectivity index (χ4v) is 9.87. The first-order chi connectivity index (χ1) is 27.0. The van der Waals surface area contributed by atoms with Gasteiger partial charge < -0.3 is 14.4 Å². The summed E-state index contributed by atoms with van der Waals surface area (Å²) >= 11 is 0. The minimum Gasteiger partial charge on any atom is -0.501 e. The van der Waals surface area contributed by atoms with E-state index < -0.39 is 28.6 Å². The van der Waals surface area contributed by atoms with Crippen LogP contribution in [0, 0.1) is 49.8 Å². The molecular formula is C43H38FIrN3OSi-2. The van der Waals surface area contributed by atoms with E-state index >= 15 is 0 Å². The largest absolute Gasteiger partial charge is 0.501 e. The van der Waals surface area contributed by atoms with E-state index in [-0.39, 0.29) is 53.3 Å². The summed E-state index contributed by atoms with van der Waals surface area (Å²) in [6, 6.07) is 34.3. The molecule has 4 aromatic carbocycles. The van der Waals surface area contributed by atoms with Gasteiger partial charge in [0.25, 0.3) is 0 Å². The molecule has 1 atom stereocenters. The van der Waals surface area contributed by atoms with Gasteiger partial charge in [-0.25, -0.2) is 0 Å². The van der Waals surface area contributed by atoms with E-state index in [1.54, 1.807) is 18.2 Å². The summed E-state index contributed by atoms with van der Waals surface area (Å²) in [7, 11) is -2.54. The molecule has 0 saturated heterocycles. The monoisotopic (exact) mass is 861 g/mol. The van der Waals surface area contributed by atoms with Gasteiger partial charge in [-0.3, -0.25) is 4.39 Å². The quantitative estimate of drug-likeness (QED) is 0.131. The van der Waals surface area contributed by atoms with Crippen molar-refractivity contribution in [3.8, 4) is 28.6 Å². The number of nitriles is 1. The van der Waals surface area contributed by atoms with Crippen LogP contribution in [0.1, 0.15) is 55.4 Å². The number of rotatable bonds is 4. The van der Waals surface area contributed by atoms with Crippen molar-refractivity contribution in [2.45, 2.75) is 52.9 Å². The van der Waals surface area contributed by atoms with E-state index in [4.69, 9.17) is 16.8 Å². The minimum atomic E-state index is -2.66. The molecule has 7 heteroatoms. The van der Waals surface area contributed by atoms with Gasteiger partial charge in [-0.1, -0.05) is 97.5 Å². The Kier molecular flexibility index (Phi) is 7.64. The summed E-state index contributed by atoms with van der Waals surface area (Å²) < 4.78 is 88.4. The van der Waals surface area contributed by atoms with E-state index in [0.717, 1.165) is 22.2 Å². The Hall–Kier alpha value is -4.73. The molecule has 0 spiro atoms. The van der Waals surface area contributed by atoms with Gasteiger partial charge in [0.15, 0.2) is 0 Å². The summed E-state index contributed by atoms with van der Waals surface area (Å²) in [5.41, 5.74) is 3.09. The van der Waals surface area contributed by atoms with Crippen molar-refractivity contribution in [2.75, 3.05) is 0 Å². The maximum Gasteiger partial charge on any atom is 0.125 e. The van der Waals surface area contributed by atoms with Crippen molar-refractivity contribution in [3.05, 3.63) is 144 Å². The van der Waals surface area contributed by atoms with Crippen LogP contribution in [0.4, 0.5) is 4.39 Å². The van der Waals surface area contributed by atoms with Crippen molar-refractivity contribution < 1.29 is 41.2 Å². The fraction of sp³-hybridized carbons (Fsp3) is 0.186. The van der Waals surface area contributed by atoms with Gasteiger partial charge in [0.05, 0.1) is 17.2 Å². The number of hydrogen-bond acceptors (Lipinski definition) is 4. The second-order valence-electron chi connectivity index (χ2n) is 12.9. The molecule has 3 heterocycles. The summed E-state index contributed by atoms with van der Waals surface area (Å²) in [6.07, 6.45) is 2.41. The van der Waals surface area contributed by atoms with Crippen LogP contribution in [0.5, 0.6) is 0 Å². The number of benzene rings is 4. The molecule has 50 heavy (non-hydrogen) atoms. The Labute approximate surface area is 321 Å². The number of aromatic nitrogens is 2. The van der Waals surface area contributed by atoms with Crippen molar-refractivity contribution >= 4 is 40.4 Å². The number of furan rings is 1. The maximum absolute atomic E-state index is 12.7. The number of pyridine rings is 2. The summed E-state index contributed by atoms with van der Waals surface area (Å²) in [5, 5.41) is 13.6. The van der Waals surface area contributed by atoms with Crippen LogP contribution in [0.2, 0.25) is 11.6 Å². The zero-order valence-corrected chi connectivity index (χ0v) is 31.2. The summed E-state index contributed by atoms with van der Waals surface area (Å²) in [5.74, 6) is -0.368. The molecule has 253 valence electrons. The van der Waals surface area contributed by atoms with E-state index in [1.807, 2.05) is 36.4 Å². The molecule has 4 nitrogen and oxygen atoms in total. The van der Waals surface area contributed by atoms with Crippen LogP contribution < -0.4 is 10.4 Å². The van der Waals surface area contributed by atoms with Crippen molar-refractivity contribution in [1.29, 1.82) is 5.26 Å². The molecule has 7 aromatic rings. The third kappa shape index (κ3) is 6.98. The second kappa shape index (κ2) is 14.6. The van der Waals surface area contributed by atoms with E-state index in [9.17, 15) is 9.65 Å². The van der Waals surface area contributed by atoms with Gasteiger partial charge in [0.1, 0.15) is 13.7 Å². The average molecular weight is 861 g/mol. The predicted molar refractivity (Wildman–Crippen MR) is 200 cm³/mol. The maximum atomic E-state index is 12.7. The van der Waals surface area contributed by atoms with E-state index in [0.29, 0.717) is 33.6 Å². The molecule has 0 N–H and O–H groups in total. The van der Waals surface area contributed by atoms with Gasteiger partial charge in [0.2, 0.25) is 0 Å². The Bertz CT molecular complexity index is 2650. The number of halogens is 1. The van der Waals surface area contributed by atoms with Gasteiger partial charge >= 0.3 is 0 Å². The number of nitrogens with zero attached hydrogens (tertiary/aromatic N) is 3. The summed E-state index contributed by atoms with van der Waals surface area (Å²) in [4.78, 5) is 8.39. The molecule has 3 aromatic heterocycles. The first-order valence-corrected chi connectivity index (χ1v) is 18.1. The van der Waals surface area contributed by atoms with Crippen LogP contribution in [0.3, 0.4) is 0 Å². The molecule has 0 aliphatic carbocycles. The van der Waals surface area contributed by atoms with Gasteiger partial charge in [-0.2, -0.15) is 5.26 Å². The van der Waals surface area contributed by atoms with Crippen LogP contribution in [-0.4, -0.2) is 18.0 Å². The average Bonchev–Trinajstić information content (AvgIpc) is 3.55. The molecule has 0 amide bonds. The molecule has 0 fully saturated rings. The Balaban J connectivity index is 0.000000307. The molecule has 7 rings (SSSR count). The van der Waals surface area contributed by atoms with Crippen molar-refractivity contribution in [1.82, 2.24) is 9.97 Å². The number of fused-ring (bicyclic) bond motifs is 3.